The second-order valence-electron chi connectivity index (χ2n) is 6.23. The topological polar surface area (TPSA) is 143 Å². The second kappa shape index (κ2) is 8.75. The second-order valence-corrected chi connectivity index (χ2v) is 7.28. The number of nitrogens with one attached hydrogen (secondary N) is 1. The molecule has 154 valence electrons. The molecule has 0 saturated heterocycles. The number of rotatable bonds is 7. The summed E-state index contributed by atoms with van der Waals surface area (Å²) in [6, 6.07) is 14.5. The fourth-order valence-corrected chi connectivity index (χ4v) is 3.94. The van der Waals surface area contributed by atoms with Gasteiger partial charge in [-0.1, -0.05) is 30.3 Å². The summed E-state index contributed by atoms with van der Waals surface area (Å²) >= 11 is 1.58. The zero-order valence-corrected chi connectivity index (χ0v) is 16.7. The van der Waals surface area contributed by atoms with Gasteiger partial charge in [0.15, 0.2) is 0 Å². The third-order valence-corrected chi connectivity index (χ3v) is 5.45. The fraction of sp³-hybridized carbons (Fsp3) is 0.0952. The molecule has 0 unspecified atom stereocenters. The Bertz CT molecular complexity index is 1170. The summed E-state index contributed by atoms with van der Waals surface area (Å²) in [4.78, 5) is 38.8. The normalized spacial score (nSPS) is 10.6. The van der Waals surface area contributed by atoms with E-state index in [0.717, 1.165) is 10.5 Å². The number of ether oxygens (including phenoxy) is 1. The molecule has 0 spiro atoms. The van der Waals surface area contributed by atoms with Crippen molar-refractivity contribution < 1.29 is 24.5 Å². The number of carboxylic acid groups (broad SMARTS) is 2. The predicted molar refractivity (Wildman–Crippen MR) is 113 cm³/mol. The van der Waals surface area contributed by atoms with Gasteiger partial charge in [-0.25, -0.2) is 9.59 Å². The van der Waals surface area contributed by atoms with Gasteiger partial charge in [0, 0.05) is 21.8 Å². The van der Waals surface area contributed by atoms with E-state index >= 15 is 0 Å². The quantitative estimate of drug-likeness (QED) is 0.421. The van der Waals surface area contributed by atoms with E-state index < -0.39 is 34.4 Å². The van der Waals surface area contributed by atoms with Crippen molar-refractivity contribution in [3.8, 4) is 16.9 Å². The van der Waals surface area contributed by atoms with Crippen LogP contribution in [0.25, 0.3) is 11.1 Å². The molecular formula is C21H18N2O6S. The Hall–Kier alpha value is -3.72. The smallest absolute Gasteiger partial charge is 0.342 e. The maximum Gasteiger partial charge on any atom is 0.342 e. The standard InChI is InChI=1S/C21H18N2O6S/c1-29-14-9-11(7-8-12(14)10-30-13-5-3-2-4-6-13)15-16(20(25)26)18(22)23-19(24)17(15)21(27)28/h2-9H,10H2,1H3,(H,25,26)(H,27,28)(H3,22,23,24). The molecule has 0 amide bonds. The van der Waals surface area contributed by atoms with E-state index in [9.17, 15) is 24.6 Å². The van der Waals surface area contributed by atoms with Crippen molar-refractivity contribution in [2.24, 2.45) is 0 Å². The average Bonchev–Trinajstić information content (AvgIpc) is 2.71. The van der Waals surface area contributed by atoms with Gasteiger partial charge in [-0.05, 0) is 23.8 Å². The Balaban J connectivity index is 2.11. The van der Waals surface area contributed by atoms with Crippen molar-refractivity contribution >= 4 is 29.5 Å². The van der Waals surface area contributed by atoms with E-state index in [1.807, 2.05) is 30.3 Å². The molecule has 0 aliphatic rings. The van der Waals surface area contributed by atoms with Crippen LogP contribution in [-0.2, 0) is 5.75 Å². The summed E-state index contributed by atoms with van der Waals surface area (Å²) in [6.07, 6.45) is 0. The highest BCUT2D eigenvalue weighted by atomic mass is 32.2. The van der Waals surface area contributed by atoms with Gasteiger partial charge in [0.1, 0.15) is 22.7 Å². The number of thioether (sulfide) groups is 1. The molecule has 0 fully saturated rings. The highest BCUT2D eigenvalue weighted by Crippen LogP contribution is 2.35. The molecule has 0 bridgehead atoms. The first-order valence-corrected chi connectivity index (χ1v) is 9.69. The largest absolute Gasteiger partial charge is 0.496 e. The third kappa shape index (κ3) is 4.15. The summed E-state index contributed by atoms with van der Waals surface area (Å²) in [5.74, 6) is -2.43. The van der Waals surface area contributed by atoms with Crippen LogP contribution < -0.4 is 16.0 Å². The molecule has 1 aromatic heterocycles. The predicted octanol–water partition coefficient (Wildman–Crippen LogP) is 3.32. The number of H-pyrrole nitrogens is 1. The summed E-state index contributed by atoms with van der Waals surface area (Å²) in [5.41, 5.74) is 4.27. The molecule has 0 radical (unpaired) electrons. The lowest BCUT2D eigenvalue weighted by molar-refractivity contribution is 0.0695. The van der Waals surface area contributed by atoms with Gasteiger partial charge >= 0.3 is 11.9 Å². The summed E-state index contributed by atoms with van der Waals surface area (Å²) < 4.78 is 5.43. The number of hydrogen-bond acceptors (Lipinski definition) is 6. The van der Waals surface area contributed by atoms with Crippen LogP contribution in [-0.4, -0.2) is 34.2 Å². The average molecular weight is 426 g/mol. The van der Waals surface area contributed by atoms with Crippen LogP contribution >= 0.6 is 11.8 Å². The van der Waals surface area contributed by atoms with Crippen LogP contribution in [0.4, 0.5) is 5.82 Å². The molecule has 1 heterocycles. The molecule has 8 nitrogen and oxygen atoms in total. The molecule has 0 aliphatic carbocycles. The number of aromatic nitrogens is 1. The highest BCUT2D eigenvalue weighted by Gasteiger charge is 2.27. The van der Waals surface area contributed by atoms with E-state index in [1.54, 1.807) is 23.9 Å². The first kappa shape index (κ1) is 21.0. The van der Waals surface area contributed by atoms with Crippen LogP contribution in [0.3, 0.4) is 0 Å². The van der Waals surface area contributed by atoms with E-state index in [0.29, 0.717) is 11.5 Å². The number of aromatic amines is 1. The molecule has 5 N–H and O–H groups in total. The van der Waals surface area contributed by atoms with E-state index in [2.05, 4.69) is 4.98 Å². The number of carboxylic acids is 2. The lowest BCUT2D eigenvalue weighted by Crippen LogP contribution is -2.24. The number of hydrogen-bond donors (Lipinski definition) is 4. The molecule has 0 atom stereocenters. The first-order chi connectivity index (χ1) is 14.3. The van der Waals surface area contributed by atoms with Gasteiger partial charge in [0.05, 0.1) is 7.11 Å². The lowest BCUT2D eigenvalue weighted by atomic mass is 9.94. The van der Waals surface area contributed by atoms with Crippen LogP contribution in [0.15, 0.2) is 58.2 Å². The molecule has 0 saturated carbocycles. The number of pyridine rings is 1. The monoisotopic (exact) mass is 426 g/mol. The maximum absolute atomic E-state index is 12.2. The van der Waals surface area contributed by atoms with Crippen molar-refractivity contribution in [1.29, 1.82) is 0 Å². The number of nitrogens with two attached hydrogens (primary N) is 1. The Kier molecular flexibility index (Phi) is 6.12. The number of anilines is 1. The molecule has 0 aliphatic heterocycles. The number of nitrogen functional groups attached to an aromatic ring is 1. The third-order valence-electron chi connectivity index (χ3n) is 4.39. The summed E-state index contributed by atoms with van der Waals surface area (Å²) in [5, 5.41) is 19.1. The van der Waals surface area contributed by atoms with Crippen LogP contribution in [0, 0.1) is 0 Å². The van der Waals surface area contributed by atoms with E-state index in [4.69, 9.17) is 10.5 Å². The number of benzene rings is 2. The zero-order chi connectivity index (χ0) is 21.8. The number of methoxy groups -OCH3 is 1. The zero-order valence-electron chi connectivity index (χ0n) is 15.8. The Labute approximate surface area is 175 Å². The van der Waals surface area contributed by atoms with Crippen LogP contribution in [0.2, 0.25) is 0 Å². The minimum Gasteiger partial charge on any atom is -0.496 e. The van der Waals surface area contributed by atoms with Crippen molar-refractivity contribution in [1.82, 2.24) is 4.98 Å². The number of carbonyl (C=O) groups is 2. The summed E-state index contributed by atoms with van der Waals surface area (Å²) in [7, 11) is 1.46. The van der Waals surface area contributed by atoms with Gasteiger partial charge in [-0.15, -0.1) is 11.8 Å². The molecular weight excluding hydrogens is 408 g/mol. The van der Waals surface area contributed by atoms with E-state index in [-0.39, 0.29) is 11.1 Å². The SMILES string of the molecule is COc1cc(-c2c(C(=O)O)c(N)[nH]c(=O)c2C(=O)O)ccc1CSc1ccccc1. The van der Waals surface area contributed by atoms with Gasteiger partial charge in [-0.2, -0.15) is 0 Å². The van der Waals surface area contributed by atoms with Crippen molar-refractivity contribution in [3.05, 3.63) is 75.6 Å². The molecule has 30 heavy (non-hydrogen) atoms. The number of aromatic carboxylic acids is 2. The van der Waals surface area contributed by atoms with Gasteiger partial charge in [0.2, 0.25) is 0 Å². The van der Waals surface area contributed by atoms with Crippen LogP contribution in [0.5, 0.6) is 5.75 Å². The lowest BCUT2D eigenvalue weighted by Gasteiger charge is -2.15. The van der Waals surface area contributed by atoms with Crippen molar-refractivity contribution in [2.75, 3.05) is 12.8 Å². The molecule has 3 rings (SSSR count). The van der Waals surface area contributed by atoms with Crippen molar-refractivity contribution in [2.45, 2.75) is 10.6 Å². The molecule has 2 aromatic carbocycles. The van der Waals surface area contributed by atoms with Gasteiger partial charge in [-0.3, -0.25) is 4.79 Å². The van der Waals surface area contributed by atoms with Crippen LogP contribution in [0.1, 0.15) is 26.3 Å². The molecule has 9 heteroatoms. The minimum atomic E-state index is -1.56. The van der Waals surface area contributed by atoms with Gasteiger partial charge in [0.25, 0.3) is 5.56 Å². The van der Waals surface area contributed by atoms with E-state index in [1.165, 1.54) is 13.2 Å². The fourth-order valence-electron chi connectivity index (χ4n) is 3.03. The minimum absolute atomic E-state index is 0.202. The Morgan fingerprint density at radius 1 is 1.07 bits per heavy atom. The first-order valence-electron chi connectivity index (χ1n) is 8.71. The highest BCUT2D eigenvalue weighted by molar-refractivity contribution is 7.98. The van der Waals surface area contributed by atoms with Crippen molar-refractivity contribution in [3.63, 3.8) is 0 Å². The maximum atomic E-state index is 12.2. The molecule has 3 aromatic rings. The Morgan fingerprint density at radius 2 is 1.73 bits per heavy atom. The summed E-state index contributed by atoms with van der Waals surface area (Å²) in [6.45, 7) is 0. The Morgan fingerprint density at radius 3 is 2.33 bits per heavy atom. The van der Waals surface area contributed by atoms with Gasteiger partial charge < -0.3 is 25.7 Å².